The molecule has 1 aliphatic rings. The third kappa shape index (κ3) is 3.89. The van der Waals surface area contributed by atoms with E-state index in [2.05, 4.69) is 14.6 Å². The van der Waals surface area contributed by atoms with Crippen LogP contribution in [0.2, 0.25) is 0 Å². The van der Waals surface area contributed by atoms with Gasteiger partial charge >= 0.3 is 13.2 Å². The first-order valence-electron chi connectivity index (χ1n) is 7.42. The Morgan fingerprint density at radius 2 is 1.48 bits per heavy atom. The van der Waals surface area contributed by atoms with Gasteiger partial charge in [-0.2, -0.15) is 27.7 Å². The Kier molecular flexibility index (Phi) is 5.06. The number of amides is 2. The summed E-state index contributed by atoms with van der Waals surface area (Å²) >= 11 is 0. The van der Waals surface area contributed by atoms with Gasteiger partial charge in [0.2, 0.25) is 0 Å². The van der Waals surface area contributed by atoms with Gasteiger partial charge in [0.25, 0.3) is 11.8 Å². The maximum Gasteiger partial charge on any atom is 0.387 e. The molecular formula is C17H10F4N2O4. The first kappa shape index (κ1) is 18.4. The molecule has 0 N–H and O–H groups in total. The summed E-state index contributed by atoms with van der Waals surface area (Å²) in [6, 6.07) is 9.08. The lowest BCUT2D eigenvalue weighted by Gasteiger charge is -2.11. The smallest absolute Gasteiger partial charge is 0.387 e. The predicted molar refractivity (Wildman–Crippen MR) is 84.2 cm³/mol. The number of hydrogen-bond donors (Lipinski definition) is 0. The largest absolute Gasteiger partial charge is 0.435 e. The molecule has 0 saturated heterocycles. The number of carbonyl (C=O) groups is 2. The van der Waals surface area contributed by atoms with Crippen LogP contribution in [0.3, 0.4) is 0 Å². The van der Waals surface area contributed by atoms with E-state index in [0.29, 0.717) is 5.01 Å². The van der Waals surface area contributed by atoms with Gasteiger partial charge in [0.1, 0.15) is 11.5 Å². The number of alkyl halides is 4. The van der Waals surface area contributed by atoms with Crippen LogP contribution in [-0.4, -0.2) is 36.3 Å². The van der Waals surface area contributed by atoms with E-state index in [-0.39, 0.29) is 16.7 Å². The summed E-state index contributed by atoms with van der Waals surface area (Å²) < 4.78 is 58.0. The average Bonchev–Trinajstić information content (AvgIpc) is 2.85. The third-order valence-electron chi connectivity index (χ3n) is 3.51. The van der Waals surface area contributed by atoms with Gasteiger partial charge in [0.05, 0.1) is 17.3 Å². The Labute approximate surface area is 149 Å². The highest BCUT2D eigenvalue weighted by molar-refractivity contribution is 6.21. The first-order valence-corrected chi connectivity index (χ1v) is 7.42. The highest BCUT2D eigenvalue weighted by Crippen LogP contribution is 2.27. The maximum atomic E-state index is 12.6. The number of halogens is 4. The van der Waals surface area contributed by atoms with Crippen molar-refractivity contribution in [2.75, 3.05) is 0 Å². The van der Waals surface area contributed by atoms with Crippen LogP contribution in [0.1, 0.15) is 26.3 Å². The lowest BCUT2D eigenvalue weighted by Crippen LogP contribution is -2.24. The van der Waals surface area contributed by atoms with Crippen LogP contribution in [0.4, 0.5) is 17.6 Å². The van der Waals surface area contributed by atoms with Crippen LogP contribution in [0.5, 0.6) is 11.5 Å². The molecule has 0 spiro atoms. The van der Waals surface area contributed by atoms with Crippen molar-refractivity contribution in [3.63, 3.8) is 0 Å². The van der Waals surface area contributed by atoms with E-state index in [1.54, 1.807) is 12.1 Å². The van der Waals surface area contributed by atoms with Gasteiger partial charge in [-0.05, 0) is 24.3 Å². The lowest BCUT2D eigenvalue weighted by atomic mass is 10.1. The summed E-state index contributed by atoms with van der Waals surface area (Å²) in [5, 5.41) is 4.29. The van der Waals surface area contributed by atoms with Crippen molar-refractivity contribution in [2.24, 2.45) is 5.10 Å². The van der Waals surface area contributed by atoms with E-state index in [0.717, 1.165) is 24.4 Å². The number of hydrogen-bond acceptors (Lipinski definition) is 5. The average molecular weight is 382 g/mol. The van der Waals surface area contributed by atoms with E-state index in [1.165, 1.54) is 12.1 Å². The Morgan fingerprint density at radius 1 is 0.889 bits per heavy atom. The molecule has 10 heteroatoms. The van der Waals surface area contributed by atoms with Gasteiger partial charge < -0.3 is 9.47 Å². The van der Waals surface area contributed by atoms with Gasteiger partial charge in [-0.1, -0.05) is 12.1 Å². The molecule has 0 aliphatic carbocycles. The summed E-state index contributed by atoms with van der Waals surface area (Å²) in [6.07, 6.45) is 0.936. The number of imide groups is 1. The number of rotatable bonds is 6. The van der Waals surface area contributed by atoms with Crippen molar-refractivity contribution in [3.8, 4) is 11.5 Å². The van der Waals surface area contributed by atoms with E-state index in [4.69, 9.17) is 0 Å². The van der Waals surface area contributed by atoms with Crippen LogP contribution >= 0.6 is 0 Å². The fraction of sp³-hybridized carbons (Fsp3) is 0.118. The number of ether oxygens (including phenoxy) is 2. The summed E-state index contributed by atoms with van der Waals surface area (Å²) in [5.74, 6) is -2.27. The van der Waals surface area contributed by atoms with Crippen LogP contribution in [0.15, 0.2) is 47.6 Å². The van der Waals surface area contributed by atoms with E-state index in [9.17, 15) is 27.2 Å². The van der Waals surface area contributed by atoms with E-state index >= 15 is 0 Å². The number of carbonyl (C=O) groups excluding carboxylic acids is 2. The second-order valence-electron chi connectivity index (χ2n) is 5.17. The minimum atomic E-state index is -3.24. The number of nitrogens with zero attached hydrogens (tertiary/aromatic N) is 2. The van der Waals surface area contributed by atoms with Crippen LogP contribution in [-0.2, 0) is 0 Å². The molecule has 0 fully saturated rings. The Bertz CT molecular complexity index is 883. The number of hydrazone groups is 1. The molecule has 0 bridgehead atoms. The summed E-state index contributed by atoms with van der Waals surface area (Å²) in [5.41, 5.74) is 0.238. The topological polar surface area (TPSA) is 68.2 Å². The zero-order chi connectivity index (χ0) is 19.6. The summed E-state index contributed by atoms with van der Waals surface area (Å²) in [7, 11) is 0. The van der Waals surface area contributed by atoms with Crippen molar-refractivity contribution in [2.45, 2.75) is 13.2 Å². The second kappa shape index (κ2) is 7.44. The minimum absolute atomic E-state index is 0.0755. The molecule has 0 unspecified atom stereocenters. The zero-order valence-corrected chi connectivity index (χ0v) is 13.3. The normalized spacial score (nSPS) is 13.8. The maximum absolute atomic E-state index is 12.6. The fourth-order valence-corrected chi connectivity index (χ4v) is 2.40. The molecule has 3 rings (SSSR count). The minimum Gasteiger partial charge on any atom is -0.435 e. The molecule has 0 radical (unpaired) electrons. The second-order valence-corrected chi connectivity index (χ2v) is 5.17. The molecule has 6 nitrogen and oxygen atoms in total. The molecule has 1 aliphatic heterocycles. The molecule has 140 valence electrons. The molecule has 0 atom stereocenters. The van der Waals surface area contributed by atoms with Crippen LogP contribution in [0, 0.1) is 0 Å². The SMILES string of the molecule is O=C1c2ccccc2C(=O)N1/N=C\c1ccc(OC(F)F)cc1OC(F)F. The molecule has 27 heavy (non-hydrogen) atoms. The first-order chi connectivity index (χ1) is 12.9. The molecule has 2 aromatic carbocycles. The van der Waals surface area contributed by atoms with Gasteiger partial charge in [-0.25, -0.2) is 0 Å². The zero-order valence-electron chi connectivity index (χ0n) is 13.3. The van der Waals surface area contributed by atoms with Crippen molar-refractivity contribution < 1.29 is 36.6 Å². The van der Waals surface area contributed by atoms with Crippen molar-refractivity contribution in [1.82, 2.24) is 5.01 Å². The number of benzene rings is 2. The monoisotopic (exact) mass is 382 g/mol. The van der Waals surface area contributed by atoms with Gasteiger partial charge in [0, 0.05) is 11.6 Å². The highest BCUT2D eigenvalue weighted by atomic mass is 19.3. The Balaban J connectivity index is 1.88. The van der Waals surface area contributed by atoms with E-state index in [1.807, 2.05) is 0 Å². The van der Waals surface area contributed by atoms with Crippen LogP contribution in [0.25, 0.3) is 0 Å². The molecule has 0 aromatic heterocycles. The van der Waals surface area contributed by atoms with Crippen molar-refractivity contribution in [1.29, 1.82) is 0 Å². The standard InChI is InChI=1S/C17H10F4N2O4/c18-16(19)26-10-6-5-9(13(7-10)27-17(20)21)8-22-23-14(24)11-3-1-2-4-12(11)15(23)25/h1-8,16-17H/b22-8-. The van der Waals surface area contributed by atoms with Gasteiger partial charge in [0.15, 0.2) is 0 Å². The van der Waals surface area contributed by atoms with Crippen molar-refractivity contribution in [3.05, 3.63) is 59.2 Å². The van der Waals surface area contributed by atoms with Crippen LogP contribution < -0.4 is 9.47 Å². The third-order valence-corrected chi connectivity index (χ3v) is 3.51. The van der Waals surface area contributed by atoms with Crippen molar-refractivity contribution >= 4 is 18.0 Å². The Morgan fingerprint density at radius 3 is 2.04 bits per heavy atom. The Hall–Kier alpha value is -3.43. The number of fused-ring (bicyclic) bond motifs is 1. The summed E-state index contributed by atoms with van der Waals surface area (Å²) in [4.78, 5) is 24.4. The molecule has 2 amide bonds. The van der Waals surface area contributed by atoms with Gasteiger partial charge in [-0.3, -0.25) is 9.59 Å². The fourth-order valence-electron chi connectivity index (χ4n) is 2.40. The highest BCUT2D eigenvalue weighted by Gasteiger charge is 2.35. The molecule has 0 saturated carbocycles. The summed E-state index contributed by atoms with van der Waals surface area (Å²) in [6.45, 7) is -6.39. The molecule has 2 aromatic rings. The lowest BCUT2D eigenvalue weighted by molar-refractivity contribution is -0.0543. The molecule has 1 heterocycles. The quantitative estimate of drug-likeness (QED) is 0.436. The van der Waals surface area contributed by atoms with Gasteiger partial charge in [-0.15, -0.1) is 0 Å². The molecular weight excluding hydrogens is 372 g/mol. The predicted octanol–water partition coefficient (Wildman–Crippen LogP) is 3.52. The van der Waals surface area contributed by atoms with E-state index < -0.39 is 36.5 Å².